The van der Waals surface area contributed by atoms with Gasteiger partial charge in [0, 0.05) is 22.8 Å². The Morgan fingerprint density at radius 3 is 2.67 bits per heavy atom. The van der Waals surface area contributed by atoms with Crippen molar-refractivity contribution in [3.05, 3.63) is 64.9 Å². The average molecular weight is 299 g/mol. The monoisotopic (exact) mass is 298 g/mol. The van der Waals surface area contributed by atoms with Crippen molar-refractivity contribution in [1.29, 1.82) is 0 Å². The van der Waals surface area contributed by atoms with E-state index in [2.05, 4.69) is 20.5 Å². The lowest BCUT2D eigenvalue weighted by Crippen LogP contribution is -1.99. The molecule has 3 aromatic rings. The first-order valence-electron chi connectivity index (χ1n) is 6.68. The molecule has 0 atom stereocenters. The smallest absolute Gasteiger partial charge is 0.181 e. The van der Waals surface area contributed by atoms with Gasteiger partial charge in [-0.05, 0) is 36.8 Å². The zero-order chi connectivity index (χ0) is 14.7. The second-order valence-electron chi connectivity index (χ2n) is 4.81. The van der Waals surface area contributed by atoms with Crippen LogP contribution < -0.4 is 5.32 Å². The summed E-state index contributed by atoms with van der Waals surface area (Å²) < 4.78 is 0. The number of anilines is 1. The number of nitrogens with one attached hydrogen (secondary N) is 2. The van der Waals surface area contributed by atoms with E-state index in [0.717, 1.165) is 28.6 Å². The average Bonchev–Trinajstić information content (AvgIpc) is 2.94. The van der Waals surface area contributed by atoms with E-state index in [0.29, 0.717) is 5.82 Å². The molecule has 0 aliphatic rings. The predicted octanol–water partition coefficient (Wildman–Crippen LogP) is 4.05. The molecule has 0 amide bonds. The Balaban J connectivity index is 1.73. The van der Waals surface area contributed by atoms with Crippen molar-refractivity contribution in [2.75, 3.05) is 5.32 Å². The van der Waals surface area contributed by atoms with Gasteiger partial charge in [-0.1, -0.05) is 35.9 Å². The Kier molecular flexibility index (Phi) is 3.88. The molecule has 1 aromatic heterocycles. The van der Waals surface area contributed by atoms with Gasteiger partial charge < -0.3 is 5.32 Å². The number of hydrogen-bond acceptors (Lipinski definition) is 3. The van der Waals surface area contributed by atoms with Crippen LogP contribution in [0.15, 0.2) is 48.5 Å². The van der Waals surface area contributed by atoms with E-state index in [4.69, 9.17) is 11.6 Å². The fourth-order valence-electron chi connectivity index (χ4n) is 2.05. The SMILES string of the molecule is Cc1nc(-c2cccc(NCc3ccc(Cl)cc3)c2)n[nH]1. The van der Waals surface area contributed by atoms with E-state index < -0.39 is 0 Å². The van der Waals surface area contributed by atoms with Crippen molar-refractivity contribution in [3.8, 4) is 11.4 Å². The van der Waals surface area contributed by atoms with Crippen molar-refractivity contribution in [2.24, 2.45) is 0 Å². The van der Waals surface area contributed by atoms with Gasteiger partial charge in [-0.3, -0.25) is 5.10 Å². The Hall–Kier alpha value is -2.33. The molecule has 1 heterocycles. The number of benzene rings is 2. The maximum Gasteiger partial charge on any atom is 0.181 e. The minimum absolute atomic E-state index is 0.711. The molecular weight excluding hydrogens is 284 g/mol. The van der Waals surface area contributed by atoms with E-state index in [9.17, 15) is 0 Å². The minimum Gasteiger partial charge on any atom is -0.381 e. The minimum atomic E-state index is 0.711. The lowest BCUT2D eigenvalue weighted by atomic mass is 10.1. The molecule has 2 N–H and O–H groups in total. The van der Waals surface area contributed by atoms with E-state index >= 15 is 0 Å². The predicted molar refractivity (Wildman–Crippen MR) is 85.3 cm³/mol. The van der Waals surface area contributed by atoms with Crippen LogP contribution in [0.3, 0.4) is 0 Å². The number of nitrogens with zero attached hydrogens (tertiary/aromatic N) is 2. The molecule has 0 saturated carbocycles. The normalized spacial score (nSPS) is 10.6. The molecule has 0 radical (unpaired) electrons. The highest BCUT2D eigenvalue weighted by Gasteiger charge is 2.04. The molecule has 0 unspecified atom stereocenters. The van der Waals surface area contributed by atoms with E-state index in [1.807, 2.05) is 55.5 Å². The first kappa shape index (κ1) is 13.6. The van der Waals surface area contributed by atoms with E-state index in [1.165, 1.54) is 5.56 Å². The summed E-state index contributed by atoms with van der Waals surface area (Å²) in [7, 11) is 0. The van der Waals surface area contributed by atoms with Gasteiger partial charge in [-0.15, -0.1) is 0 Å². The zero-order valence-electron chi connectivity index (χ0n) is 11.6. The van der Waals surface area contributed by atoms with Crippen LogP contribution >= 0.6 is 11.6 Å². The highest BCUT2D eigenvalue weighted by atomic mass is 35.5. The number of hydrogen-bond donors (Lipinski definition) is 2. The van der Waals surface area contributed by atoms with E-state index in [-0.39, 0.29) is 0 Å². The highest BCUT2D eigenvalue weighted by Crippen LogP contribution is 2.20. The van der Waals surface area contributed by atoms with Crippen molar-refractivity contribution < 1.29 is 0 Å². The number of aromatic nitrogens is 3. The molecule has 0 aliphatic heterocycles. The Bertz CT molecular complexity index is 734. The van der Waals surface area contributed by atoms with Gasteiger partial charge in [0.2, 0.25) is 0 Å². The summed E-state index contributed by atoms with van der Waals surface area (Å²) in [5, 5.41) is 11.2. The Labute approximate surface area is 128 Å². The van der Waals surface area contributed by atoms with Crippen molar-refractivity contribution >= 4 is 17.3 Å². The fraction of sp³-hybridized carbons (Fsp3) is 0.125. The molecule has 0 spiro atoms. The number of rotatable bonds is 4. The molecule has 3 rings (SSSR count). The van der Waals surface area contributed by atoms with Crippen molar-refractivity contribution in [3.63, 3.8) is 0 Å². The quantitative estimate of drug-likeness (QED) is 0.764. The van der Waals surface area contributed by atoms with E-state index in [1.54, 1.807) is 0 Å². The highest BCUT2D eigenvalue weighted by molar-refractivity contribution is 6.30. The van der Waals surface area contributed by atoms with Crippen LogP contribution in [0.25, 0.3) is 11.4 Å². The van der Waals surface area contributed by atoms with Gasteiger partial charge in [-0.25, -0.2) is 4.98 Å². The number of aryl methyl sites for hydroxylation is 1. The first-order chi connectivity index (χ1) is 10.2. The molecule has 5 heteroatoms. The van der Waals surface area contributed by atoms with Gasteiger partial charge in [0.15, 0.2) is 5.82 Å². The van der Waals surface area contributed by atoms with Gasteiger partial charge in [0.05, 0.1) is 0 Å². The van der Waals surface area contributed by atoms with Gasteiger partial charge in [0.1, 0.15) is 5.82 Å². The summed E-state index contributed by atoms with van der Waals surface area (Å²) in [6.45, 7) is 2.63. The summed E-state index contributed by atoms with van der Waals surface area (Å²) >= 11 is 5.88. The zero-order valence-corrected chi connectivity index (χ0v) is 12.4. The van der Waals surface area contributed by atoms with Gasteiger partial charge in [0.25, 0.3) is 0 Å². The standard InChI is InChI=1S/C16H15ClN4/c1-11-19-16(21-20-11)13-3-2-4-15(9-13)18-10-12-5-7-14(17)8-6-12/h2-9,18H,10H2,1H3,(H,19,20,21). The molecule has 2 aromatic carbocycles. The summed E-state index contributed by atoms with van der Waals surface area (Å²) in [6, 6.07) is 15.9. The maximum atomic E-state index is 5.88. The van der Waals surface area contributed by atoms with Crippen LogP contribution in [0.2, 0.25) is 5.02 Å². The van der Waals surface area contributed by atoms with Crippen LogP contribution in [0.5, 0.6) is 0 Å². The summed E-state index contributed by atoms with van der Waals surface area (Å²) in [5.74, 6) is 1.52. The lowest BCUT2D eigenvalue weighted by molar-refractivity contribution is 1.04. The van der Waals surface area contributed by atoms with Gasteiger partial charge in [-0.2, -0.15) is 5.10 Å². The molecule has 0 fully saturated rings. The molecule has 106 valence electrons. The number of aromatic amines is 1. The van der Waals surface area contributed by atoms with Crippen LogP contribution in [-0.4, -0.2) is 15.2 Å². The molecule has 21 heavy (non-hydrogen) atoms. The molecule has 0 saturated heterocycles. The lowest BCUT2D eigenvalue weighted by Gasteiger charge is -2.07. The summed E-state index contributed by atoms with van der Waals surface area (Å²) in [5.41, 5.74) is 3.20. The second-order valence-corrected chi connectivity index (χ2v) is 5.24. The van der Waals surface area contributed by atoms with Crippen LogP contribution in [0.4, 0.5) is 5.69 Å². The molecular formula is C16H15ClN4. The Morgan fingerprint density at radius 1 is 1.14 bits per heavy atom. The third kappa shape index (κ3) is 3.41. The molecule has 0 aliphatic carbocycles. The third-order valence-corrected chi connectivity index (χ3v) is 3.38. The molecule has 0 bridgehead atoms. The van der Waals surface area contributed by atoms with Crippen molar-refractivity contribution in [1.82, 2.24) is 15.2 Å². The number of H-pyrrole nitrogens is 1. The fourth-order valence-corrected chi connectivity index (χ4v) is 2.17. The van der Waals surface area contributed by atoms with Crippen molar-refractivity contribution in [2.45, 2.75) is 13.5 Å². The number of halogens is 1. The van der Waals surface area contributed by atoms with Crippen LogP contribution in [0.1, 0.15) is 11.4 Å². The maximum absolute atomic E-state index is 5.88. The topological polar surface area (TPSA) is 53.6 Å². The first-order valence-corrected chi connectivity index (χ1v) is 7.06. The second kappa shape index (κ2) is 5.97. The Morgan fingerprint density at radius 2 is 1.95 bits per heavy atom. The largest absolute Gasteiger partial charge is 0.381 e. The van der Waals surface area contributed by atoms with Crippen LogP contribution in [0, 0.1) is 6.92 Å². The van der Waals surface area contributed by atoms with Crippen LogP contribution in [-0.2, 0) is 6.54 Å². The van der Waals surface area contributed by atoms with Gasteiger partial charge >= 0.3 is 0 Å². The summed E-state index contributed by atoms with van der Waals surface area (Å²) in [4.78, 5) is 4.34. The third-order valence-electron chi connectivity index (χ3n) is 3.13. The summed E-state index contributed by atoms with van der Waals surface area (Å²) in [6.07, 6.45) is 0. The molecule has 4 nitrogen and oxygen atoms in total.